The standard InChI is InChI=1S/C28H46O/c1-3-5-7-9-11-13-15-19-25-21-17-23-27(25)29-28-24-18-22-26(28)20-16-14-12-10-8-6-4-2/h17-18,21-22H,3-16,19-20,23-24H2,1-2H3. The van der Waals surface area contributed by atoms with Crippen LogP contribution in [0.5, 0.6) is 0 Å². The van der Waals surface area contributed by atoms with Gasteiger partial charge in [-0.3, -0.25) is 0 Å². The Hall–Kier alpha value is -1.24. The fourth-order valence-corrected chi connectivity index (χ4v) is 4.42. The third kappa shape index (κ3) is 9.87. The minimum Gasteiger partial charge on any atom is -0.465 e. The molecule has 0 aromatic carbocycles. The summed E-state index contributed by atoms with van der Waals surface area (Å²) < 4.78 is 6.45. The third-order valence-corrected chi connectivity index (χ3v) is 6.31. The zero-order valence-electron chi connectivity index (χ0n) is 19.4. The molecule has 2 rings (SSSR count). The molecule has 1 nitrogen and oxygen atoms in total. The minimum absolute atomic E-state index is 0.986. The highest BCUT2D eigenvalue weighted by Crippen LogP contribution is 2.32. The van der Waals surface area contributed by atoms with Crippen molar-refractivity contribution in [3.63, 3.8) is 0 Å². The van der Waals surface area contributed by atoms with E-state index in [9.17, 15) is 0 Å². The number of ether oxygens (including phenoxy) is 1. The Morgan fingerprint density at radius 3 is 1.34 bits per heavy atom. The molecular weight excluding hydrogens is 352 g/mol. The highest BCUT2D eigenvalue weighted by atomic mass is 16.5. The average Bonchev–Trinajstić information content (AvgIpc) is 3.36. The van der Waals surface area contributed by atoms with Crippen molar-refractivity contribution in [2.45, 2.75) is 129 Å². The smallest absolute Gasteiger partial charge is 0.111 e. The van der Waals surface area contributed by atoms with Crippen molar-refractivity contribution >= 4 is 0 Å². The summed E-state index contributed by atoms with van der Waals surface area (Å²) in [5.41, 5.74) is 2.90. The quantitative estimate of drug-likeness (QED) is 0.209. The normalized spacial score (nSPS) is 15.9. The van der Waals surface area contributed by atoms with Crippen LogP contribution < -0.4 is 0 Å². The average molecular weight is 399 g/mol. The highest BCUT2D eigenvalue weighted by Gasteiger charge is 2.16. The molecule has 0 amide bonds. The molecule has 0 bridgehead atoms. The van der Waals surface area contributed by atoms with Gasteiger partial charge in [0.1, 0.15) is 11.5 Å². The second-order valence-electron chi connectivity index (χ2n) is 8.95. The number of unbranched alkanes of at least 4 members (excludes halogenated alkanes) is 12. The molecule has 0 radical (unpaired) electrons. The summed E-state index contributed by atoms with van der Waals surface area (Å²) in [5.74, 6) is 2.46. The van der Waals surface area contributed by atoms with Gasteiger partial charge in [0, 0.05) is 12.8 Å². The van der Waals surface area contributed by atoms with Crippen LogP contribution >= 0.6 is 0 Å². The van der Waals surface area contributed by atoms with Crippen molar-refractivity contribution in [2.75, 3.05) is 0 Å². The summed E-state index contributed by atoms with van der Waals surface area (Å²) in [4.78, 5) is 0. The first-order valence-electron chi connectivity index (χ1n) is 12.8. The maximum atomic E-state index is 6.45. The van der Waals surface area contributed by atoms with Crippen molar-refractivity contribution in [1.29, 1.82) is 0 Å². The van der Waals surface area contributed by atoms with Crippen molar-refractivity contribution in [3.8, 4) is 0 Å². The number of hydrogen-bond donors (Lipinski definition) is 0. The summed E-state index contributed by atoms with van der Waals surface area (Å²) in [6, 6.07) is 0. The first-order valence-corrected chi connectivity index (χ1v) is 12.8. The Kier molecular flexibility index (Phi) is 12.9. The van der Waals surface area contributed by atoms with Gasteiger partial charge in [0.25, 0.3) is 0 Å². The molecule has 0 aliphatic heterocycles. The van der Waals surface area contributed by atoms with Crippen molar-refractivity contribution in [2.24, 2.45) is 0 Å². The maximum Gasteiger partial charge on any atom is 0.111 e. The number of hydrogen-bond acceptors (Lipinski definition) is 1. The fraction of sp³-hybridized carbons (Fsp3) is 0.714. The van der Waals surface area contributed by atoms with Crippen LogP contribution in [0, 0.1) is 0 Å². The molecule has 0 saturated carbocycles. The second-order valence-corrected chi connectivity index (χ2v) is 8.95. The summed E-state index contributed by atoms with van der Waals surface area (Å²) in [6.45, 7) is 4.58. The lowest BCUT2D eigenvalue weighted by Gasteiger charge is -2.13. The number of allylic oxidation sites excluding steroid dienone is 6. The molecule has 0 unspecified atom stereocenters. The molecule has 0 atom stereocenters. The van der Waals surface area contributed by atoms with Gasteiger partial charge in [-0.1, -0.05) is 115 Å². The Morgan fingerprint density at radius 1 is 0.552 bits per heavy atom. The van der Waals surface area contributed by atoms with E-state index in [-0.39, 0.29) is 0 Å². The van der Waals surface area contributed by atoms with E-state index in [0.29, 0.717) is 0 Å². The van der Waals surface area contributed by atoms with E-state index in [1.807, 2.05) is 0 Å². The van der Waals surface area contributed by atoms with Gasteiger partial charge in [0.05, 0.1) is 0 Å². The molecule has 0 saturated heterocycles. The van der Waals surface area contributed by atoms with E-state index in [1.165, 1.54) is 125 Å². The molecule has 0 N–H and O–H groups in total. The molecule has 0 aromatic rings. The van der Waals surface area contributed by atoms with Crippen molar-refractivity contribution < 1.29 is 4.74 Å². The van der Waals surface area contributed by atoms with Crippen molar-refractivity contribution in [3.05, 3.63) is 47.0 Å². The highest BCUT2D eigenvalue weighted by molar-refractivity contribution is 5.35. The summed E-state index contributed by atoms with van der Waals surface area (Å²) >= 11 is 0. The zero-order chi connectivity index (χ0) is 20.6. The minimum atomic E-state index is 0.986. The van der Waals surface area contributed by atoms with Gasteiger partial charge >= 0.3 is 0 Å². The zero-order valence-corrected chi connectivity index (χ0v) is 19.4. The molecule has 164 valence electrons. The van der Waals surface area contributed by atoms with Gasteiger partial charge in [-0.2, -0.15) is 0 Å². The van der Waals surface area contributed by atoms with Crippen LogP contribution in [0.25, 0.3) is 0 Å². The first-order chi connectivity index (χ1) is 14.3. The van der Waals surface area contributed by atoms with Gasteiger partial charge in [-0.25, -0.2) is 0 Å². The summed E-state index contributed by atoms with van der Waals surface area (Å²) in [6.07, 6.45) is 32.8. The van der Waals surface area contributed by atoms with E-state index < -0.39 is 0 Å². The van der Waals surface area contributed by atoms with E-state index in [0.717, 1.165) is 12.8 Å². The Balaban J connectivity index is 1.68. The van der Waals surface area contributed by atoms with E-state index in [4.69, 9.17) is 4.74 Å². The monoisotopic (exact) mass is 398 g/mol. The van der Waals surface area contributed by atoms with Crippen LogP contribution in [-0.4, -0.2) is 0 Å². The molecule has 0 spiro atoms. The molecule has 0 fully saturated rings. The Morgan fingerprint density at radius 2 is 0.931 bits per heavy atom. The summed E-state index contributed by atoms with van der Waals surface area (Å²) in [5, 5.41) is 0. The predicted molar refractivity (Wildman–Crippen MR) is 128 cm³/mol. The number of rotatable bonds is 18. The molecule has 1 heteroatoms. The van der Waals surface area contributed by atoms with Crippen LogP contribution in [-0.2, 0) is 4.74 Å². The van der Waals surface area contributed by atoms with Gasteiger partial charge < -0.3 is 4.74 Å². The van der Waals surface area contributed by atoms with Gasteiger partial charge in [0.15, 0.2) is 0 Å². The molecule has 2 aliphatic rings. The van der Waals surface area contributed by atoms with Gasteiger partial charge in [-0.05, 0) is 36.8 Å². The first kappa shape index (κ1) is 24.0. The molecule has 0 heterocycles. The molecule has 2 aliphatic carbocycles. The van der Waals surface area contributed by atoms with E-state index >= 15 is 0 Å². The topological polar surface area (TPSA) is 9.23 Å². The van der Waals surface area contributed by atoms with E-state index in [1.54, 1.807) is 0 Å². The third-order valence-electron chi connectivity index (χ3n) is 6.31. The van der Waals surface area contributed by atoms with Crippen molar-refractivity contribution in [1.82, 2.24) is 0 Å². The SMILES string of the molecule is CCCCCCCCCC1=C(OC2=C(CCCCCCCCC)C=CC2)CC=C1. The largest absolute Gasteiger partial charge is 0.465 e. The van der Waals surface area contributed by atoms with Crippen LogP contribution in [0.4, 0.5) is 0 Å². The molecule has 0 aromatic heterocycles. The molecule has 29 heavy (non-hydrogen) atoms. The van der Waals surface area contributed by atoms with E-state index in [2.05, 4.69) is 38.2 Å². The second kappa shape index (κ2) is 15.6. The lowest BCUT2D eigenvalue weighted by atomic mass is 10.0. The van der Waals surface area contributed by atoms with Crippen LogP contribution in [0.1, 0.15) is 129 Å². The van der Waals surface area contributed by atoms with Gasteiger partial charge in [0.2, 0.25) is 0 Å². The lowest BCUT2D eigenvalue weighted by Crippen LogP contribution is -1.96. The Labute approximate surface area is 181 Å². The van der Waals surface area contributed by atoms with Crippen LogP contribution in [0.15, 0.2) is 47.0 Å². The maximum absolute atomic E-state index is 6.45. The van der Waals surface area contributed by atoms with Crippen LogP contribution in [0.2, 0.25) is 0 Å². The van der Waals surface area contributed by atoms with Gasteiger partial charge in [-0.15, -0.1) is 0 Å². The summed E-state index contributed by atoms with van der Waals surface area (Å²) in [7, 11) is 0. The lowest BCUT2D eigenvalue weighted by molar-refractivity contribution is 0.286. The van der Waals surface area contributed by atoms with Crippen LogP contribution in [0.3, 0.4) is 0 Å². The fourth-order valence-electron chi connectivity index (χ4n) is 4.42. The molecular formula is C28H46O. The Bertz CT molecular complexity index is 511. The predicted octanol–water partition coefficient (Wildman–Crippen LogP) is 9.71.